The normalized spacial score (nSPS) is 18.3. The molecule has 0 unspecified atom stereocenters. The Hall–Kier alpha value is -4.29. The predicted octanol–water partition coefficient (Wildman–Crippen LogP) is 4.89. The zero-order valence-corrected chi connectivity index (χ0v) is 28.8. The minimum atomic E-state index is 0.0630. The molecular formula is C36H37Cl2N7O4. The van der Waals surface area contributed by atoms with Crippen LogP contribution in [0.2, 0.25) is 10.0 Å². The first-order valence-corrected chi connectivity index (χ1v) is 17.0. The topological polar surface area (TPSA) is 131 Å². The number of rotatable bonds is 11. The number of likely N-dealkylation sites (tertiary alicyclic amines) is 1. The summed E-state index contributed by atoms with van der Waals surface area (Å²) in [6.45, 7) is 4.44. The third-order valence-electron chi connectivity index (χ3n) is 9.51. The third-order valence-corrected chi connectivity index (χ3v) is 10.3. The number of pyridine rings is 1. The zero-order chi connectivity index (χ0) is 34.1. The molecule has 0 radical (unpaired) electrons. The Morgan fingerprint density at radius 3 is 2.49 bits per heavy atom. The molecule has 0 saturated carbocycles. The van der Waals surface area contributed by atoms with Crippen LogP contribution in [0.5, 0.6) is 11.6 Å². The lowest BCUT2D eigenvalue weighted by Crippen LogP contribution is -2.56. The van der Waals surface area contributed by atoms with Crippen LogP contribution >= 0.6 is 23.2 Å². The largest absolute Gasteiger partial charge is 0.496 e. The van der Waals surface area contributed by atoms with Crippen molar-refractivity contribution >= 4 is 35.0 Å². The monoisotopic (exact) mass is 701 g/mol. The van der Waals surface area contributed by atoms with Gasteiger partial charge in [-0.05, 0) is 18.6 Å². The van der Waals surface area contributed by atoms with E-state index in [1.807, 2.05) is 48.5 Å². The van der Waals surface area contributed by atoms with Crippen molar-refractivity contribution in [2.45, 2.75) is 38.4 Å². The maximum absolute atomic E-state index is 11.7. The lowest BCUT2D eigenvalue weighted by molar-refractivity contribution is -0.121. The van der Waals surface area contributed by atoms with E-state index in [-0.39, 0.29) is 23.3 Å². The van der Waals surface area contributed by atoms with E-state index < -0.39 is 0 Å². The van der Waals surface area contributed by atoms with Crippen LogP contribution in [0.3, 0.4) is 0 Å². The fraction of sp³-hybridized carbons (Fsp3) is 0.361. The van der Waals surface area contributed by atoms with Gasteiger partial charge >= 0.3 is 0 Å². The number of amides is 2. The number of carbonyl (C=O) groups is 2. The lowest BCUT2D eigenvalue weighted by atomic mass is 9.79. The third kappa shape index (κ3) is 6.81. The SMILES string of the molecule is COc1cc(-c2ncnc(-c3cccc(-c4ccc(CNC[C@@H]5CCC(=O)N5)c(OC)n4)c3Cl)c2Cl)ccc1CN1CC2(CNC(=O)C2)C1. The first-order valence-electron chi connectivity index (χ1n) is 16.3. The van der Waals surface area contributed by atoms with Crippen LogP contribution in [0.25, 0.3) is 33.8 Å². The summed E-state index contributed by atoms with van der Waals surface area (Å²) in [6, 6.07) is 15.6. The highest BCUT2D eigenvalue weighted by Crippen LogP contribution is 2.42. The van der Waals surface area contributed by atoms with Gasteiger partial charge in [-0.1, -0.05) is 59.6 Å². The minimum Gasteiger partial charge on any atom is -0.496 e. The molecule has 4 aromatic rings. The highest BCUT2D eigenvalue weighted by molar-refractivity contribution is 6.38. The summed E-state index contributed by atoms with van der Waals surface area (Å²) in [4.78, 5) is 39.4. The van der Waals surface area contributed by atoms with Crippen molar-refractivity contribution < 1.29 is 19.1 Å². The average molecular weight is 703 g/mol. The molecule has 7 rings (SSSR count). The molecular weight excluding hydrogens is 665 g/mol. The lowest BCUT2D eigenvalue weighted by Gasteiger charge is -2.47. The molecule has 13 heteroatoms. The molecule has 0 aliphatic carbocycles. The van der Waals surface area contributed by atoms with Crippen molar-refractivity contribution in [2.24, 2.45) is 5.41 Å². The zero-order valence-electron chi connectivity index (χ0n) is 27.3. The van der Waals surface area contributed by atoms with Gasteiger partial charge in [-0.25, -0.2) is 15.0 Å². The number of aromatic nitrogens is 3. The van der Waals surface area contributed by atoms with Crippen molar-refractivity contribution in [1.82, 2.24) is 35.8 Å². The number of hydrogen-bond donors (Lipinski definition) is 3. The van der Waals surface area contributed by atoms with Crippen LogP contribution < -0.4 is 25.4 Å². The number of ether oxygens (including phenoxy) is 2. The van der Waals surface area contributed by atoms with Crippen molar-refractivity contribution in [1.29, 1.82) is 0 Å². The van der Waals surface area contributed by atoms with E-state index >= 15 is 0 Å². The number of hydrogen-bond acceptors (Lipinski definition) is 9. The second-order valence-corrected chi connectivity index (χ2v) is 13.7. The molecule has 3 N–H and O–H groups in total. The fourth-order valence-electron chi connectivity index (χ4n) is 7.07. The van der Waals surface area contributed by atoms with Crippen LogP contribution in [0.15, 0.2) is 54.9 Å². The van der Waals surface area contributed by atoms with Gasteiger partial charge in [0.2, 0.25) is 17.7 Å². The number of nitrogens with zero attached hydrogens (tertiary/aromatic N) is 4. The first-order chi connectivity index (χ1) is 23.8. The predicted molar refractivity (Wildman–Crippen MR) is 187 cm³/mol. The highest BCUT2D eigenvalue weighted by atomic mass is 35.5. The van der Waals surface area contributed by atoms with Gasteiger partial charge in [-0.3, -0.25) is 14.5 Å². The van der Waals surface area contributed by atoms with E-state index in [2.05, 4.69) is 30.8 Å². The molecule has 254 valence electrons. The van der Waals surface area contributed by atoms with Gasteiger partial charge in [-0.2, -0.15) is 0 Å². The maximum Gasteiger partial charge on any atom is 0.220 e. The Kier molecular flexibility index (Phi) is 9.43. The van der Waals surface area contributed by atoms with E-state index in [1.165, 1.54) is 6.33 Å². The maximum atomic E-state index is 11.7. The van der Waals surface area contributed by atoms with Gasteiger partial charge in [0.1, 0.15) is 12.1 Å². The van der Waals surface area contributed by atoms with Gasteiger partial charge in [0.05, 0.1) is 41.3 Å². The standard InChI is InChI=1S/C36H37Cl2N7O4/c1-48-28-12-21(6-7-23(28)16-45-18-36(19-45)13-30(47)40-17-36)33-32(38)34(42-20-41-33)26-5-3-4-25(31(26)37)27-10-8-22(35(44-27)49-2)14-39-15-24-9-11-29(46)43-24/h3-8,10,12,20,24,39H,9,11,13-19H2,1-2H3,(H,40,47)(H,43,46)/t24-/m0/s1. The number of methoxy groups -OCH3 is 2. The van der Waals surface area contributed by atoms with Gasteiger partial charge in [0, 0.05) is 91.4 Å². The molecule has 3 aliphatic heterocycles. The quantitative estimate of drug-likeness (QED) is 0.200. The molecule has 2 amide bonds. The average Bonchev–Trinajstić information content (AvgIpc) is 3.70. The number of carbonyl (C=O) groups excluding carboxylic acids is 2. The number of halogens is 2. The molecule has 2 aromatic carbocycles. The molecule has 49 heavy (non-hydrogen) atoms. The van der Waals surface area contributed by atoms with Gasteiger partial charge in [-0.15, -0.1) is 0 Å². The van der Waals surface area contributed by atoms with E-state index in [0.29, 0.717) is 70.1 Å². The Morgan fingerprint density at radius 2 is 1.76 bits per heavy atom. The summed E-state index contributed by atoms with van der Waals surface area (Å²) in [5, 5.41) is 10.1. The molecule has 1 atom stereocenters. The van der Waals surface area contributed by atoms with E-state index in [0.717, 1.165) is 55.0 Å². The summed E-state index contributed by atoms with van der Waals surface area (Å²) in [5.74, 6) is 1.46. The molecule has 1 spiro atoms. The summed E-state index contributed by atoms with van der Waals surface area (Å²) < 4.78 is 11.4. The number of benzene rings is 2. The van der Waals surface area contributed by atoms with Crippen LogP contribution in [-0.4, -0.2) is 78.1 Å². The molecule has 0 bridgehead atoms. The summed E-state index contributed by atoms with van der Waals surface area (Å²) in [7, 11) is 3.24. The Balaban J connectivity index is 1.10. The molecule has 2 aromatic heterocycles. The van der Waals surface area contributed by atoms with Crippen LogP contribution in [0, 0.1) is 5.41 Å². The first kappa shape index (κ1) is 33.2. The molecule has 11 nitrogen and oxygen atoms in total. The Labute approximate surface area is 294 Å². The van der Waals surface area contributed by atoms with Crippen molar-refractivity contribution in [2.75, 3.05) is 40.4 Å². The Bertz CT molecular complexity index is 1920. The molecule has 3 aliphatic rings. The Morgan fingerprint density at radius 1 is 0.959 bits per heavy atom. The van der Waals surface area contributed by atoms with E-state index in [1.54, 1.807) is 14.2 Å². The summed E-state index contributed by atoms with van der Waals surface area (Å²) in [6.07, 6.45) is 3.48. The van der Waals surface area contributed by atoms with E-state index in [4.69, 9.17) is 37.7 Å². The van der Waals surface area contributed by atoms with Crippen LogP contribution in [-0.2, 0) is 22.7 Å². The summed E-state index contributed by atoms with van der Waals surface area (Å²) in [5.41, 5.74) is 5.85. The van der Waals surface area contributed by atoms with Crippen LogP contribution in [0.1, 0.15) is 30.4 Å². The number of nitrogens with one attached hydrogen (secondary N) is 3. The smallest absolute Gasteiger partial charge is 0.220 e. The van der Waals surface area contributed by atoms with Crippen molar-refractivity contribution in [3.05, 3.63) is 76.0 Å². The second kappa shape index (κ2) is 13.9. The highest BCUT2D eigenvalue weighted by Gasteiger charge is 2.47. The van der Waals surface area contributed by atoms with Crippen LogP contribution in [0.4, 0.5) is 0 Å². The molecule has 3 saturated heterocycles. The minimum absolute atomic E-state index is 0.0630. The van der Waals surface area contributed by atoms with E-state index in [9.17, 15) is 9.59 Å². The molecule has 5 heterocycles. The van der Waals surface area contributed by atoms with Crippen molar-refractivity contribution in [3.8, 4) is 45.4 Å². The van der Waals surface area contributed by atoms with Crippen molar-refractivity contribution in [3.63, 3.8) is 0 Å². The second-order valence-electron chi connectivity index (χ2n) is 13.0. The fourth-order valence-corrected chi connectivity index (χ4v) is 7.69. The van der Waals surface area contributed by atoms with Gasteiger partial charge in [0.25, 0.3) is 0 Å². The summed E-state index contributed by atoms with van der Waals surface area (Å²) >= 11 is 14.1. The molecule has 3 fully saturated rings. The van der Waals surface area contributed by atoms with Gasteiger partial charge < -0.3 is 25.4 Å². The van der Waals surface area contributed by atoms with Gasteiger partial charge in [0.15, 0.2) is 0 Å².